The maximum absolute atomic E-state index is 12.9. The molecule has 1 aliphatic heterocycles. The van der Waals surface area contributed by atoms with Crippen LogP contribution in [0.5, 0.6) is 0 Å². The van der Waals surface area contributed by atoms with Gasteiger partial charge in [0.1, 0.15) is 6.04 Å². The first kappa shape index (κ1) is 23.0. The number of carbonyl (C=O) groups is 1. The Balaban J connectivity index is 2.10. The number of carbonyl (C=O) groups excluding carboxylic acids is 1. The molecule has 0 radical (unpaired) electrons. The highest BCUT2D eigenvalue weighted by molar-refractivity contribution is 7.89. The van der Waals surface area contributed by atoms with Crippen LogP contribution >= 0.6 is 11.3 Å². The molecule has 166 valence electrons. The number of amides is 1. The third-order valence-electron chi connectivity index (χ3n) is 4.87. The van der Waals surface area contributed by atoms with Gasteiger partial charge in [-0.05, 0) is 31.0 Å². The minimum atomic E-state index is -3.88. The number of hydrogen-bond acceptors (Lipinski definition) is 7. The number of thiazole rings is 1. The van der Waals surface area contributed by atoms with Gasteiger partial charge < -0.3 is 9.30 Å². The number of nitrogens with zero attached hydrogens (tertiary/aromatic N) is 3. The summed E-state index contributed by atoms with van der Waals surface area (Å²) in [5.74, 6) is -0.537. The van der Waals surface area contributed by atoms with E-state index in [1.165, 1.54) is 16.4 Å². The quantitative estimate of drug-likeness (QED) is 0.633. The molecule has 1 aromatic heterocycles. The molecule has 13 heteroatoms. The van der Waals surface area contributed by atoms with Crippen LogP contribution in [0.3, 0.4) is 0 Å². The van der Waals surface area contributed by atoms with E-state index < -0.39 is 32.0 Å². The lowest BCUT2D eigenvalue weighted by atomic mass is 10.0. The average molecular weight is 477 g/mol. The molecule has 10 nitrogen and oxygen atoms in total. The Kier molecular flexibility index (Phi) is 6.79. The molecular weight excluding hydrogens is 452 g/mol. The van der Waals surface area contributed by atoms with Crippen molar-refractivity contribution < 1.29 is 26.4 Å². The molecule has 1 fully saturated rings. The summed E-state index contributed by atoms with van der Waals surface area (Å²) in [5.41, 5.74) is 0.680. The lowest BCUT2D eigenvalue weighted by Gasteiger charge is -2.31. The van der Waals surface area contributed by atoms with Gasteiger partial charge in [-0.3, -0.25) is 4.79 Å². The van der Waals surface area contributed by atoms with Crippen molar-refractivity contribution in [3.05, 3.63) is 23.0 Å². The molecule has 1 unspecified atom stereocenters. The molecular formula is C17H24N4O6S3. The molecule has 1 amide bonds. The van der Waals surface area contributed by atoms with Gasteiger partial charge in [0.25, 0.3) is 5.91 Å². The number of fused-ring (bicyclic) bond motifs is 1. The van der Waals surface area contributed by atoms with Crippen molar-refractivity contribution in [2.24, 2.45) is 10.1 Å². The van der Waals surface area contributed by atoms with Crippen LogP contribution in [0.25, 0.3) is 10.2 Å². The maximum atomic E-state index is 12.9. The minimum Gasteiger partial charge on any atom is -0.383 e. The third kappa shape index (κ3) is 4.98. The van der Waals surface area contributed by atoms with Crippen molar-refractivity contribution >= 4 is 47.5 Å². The summed E-state index contributed by atoms with van der Waals surface area (Å²) in [6.07, 6.45) is 2.94. The van der Waals surface area contributed by atoms with Crippen molar-refractivity contribution in [3.8, 4) is 0 Å². The molecule has 2 heterocycles. The van der Waals surface area contributed by atoms with Gasteiger partial charge >= 0.3 is 0 Å². The van der Waals surface area contributed by atoms with Crippen molar-refractivity contribution in [3.63, 3.8) is 0 Å². The fourth-order valence-corrected chi connectivity index (χ4v) is 6.27. The molecule has 2 aromatic rings. The highest BCUT2D eigenvalue weighted by atomic mass is 32.2. The van der Waals surface area contributed by atoms with Gasteiger partial charge in [-0.15, -0.1) is 0 Å². The van der Waals surface area contributed by atoms with E-state index in [1.807, 2.05) is 0 Å². The summed E-state index contributed by atoms with van der Waals surface area (Å²) in [4.78, 5) is 17.5. The summed E-state index contributed by atoms with van der Waals surface area (Å²) in [6, 6.07) is 3.60. The van der Waals surface area contributed by atoms with Crippen LogP contribution in [0, 0.1) is 0 Å². The van der Waals surface area contributed by atoms with Gasteiger partial charge in [0.15, 0.2) is 4.80 Å². The van der Waals surface area contributed by atoms with Crippen molar-refractivity contribution in [1.29, 1.82) is 0 Å². The van der Waals surface area contributed by atoms with Crippen molar-refractivity contribution in [1.82, 2.24) is 8.87 Å². The van der Waals surface area contributed by atoms with E-state index in [1.54, 1.807) is 17.7 Å². The molecule has 0 aliphatic carbocycles. The second-order valence-corrected chi connectivity index (χ2v) is 11.5. The lowest BCUT2D eigenvalue weighted by molar-refractivity contribution is -0.122. The fraction of sp³-hybridized carbons (Fsp3) is 0.529. The topological polar surface area (TPSA) is 141 Å². The molecule has 0 saturated carbocycles. The molecule has 1 saturated heterocycles. The number of hydrogen-bond donors (Lipinski definition) is 1. The summed E-state index contributed by atoms with van der Waals surface area (Å²) in [5, 5.41) is 5.22. The van der Waals surface area contributed by atoms with E-state index in [0.717, 1.165) is 24.0 Å². The Hall–Kier alpha value is -1.64. The zero-order valence-corrected chi connectivity index (χ0v) is 19.1. The second-order valence-electron chi connectivity index (χ2n) is 7.04. The molecule has 0 bridgehead atoms. The van der Waals surface area contributed by atoms with Crippen LogP contribution in [0.2, 0.25) is 0 Å². The molecule has 1 aromatic carbocycles. The molecule has 3 rings (SSSR count). The Labute approximate surface area is 179 Å². The maximum Gasteiger partial charge on any atom is 0.266 e. The number of piperidine rings is 1. The Morgan fingerprint density at radius 3 is 2.67 bits per heavy atom. The first-order valence-electron chi connectivity index (χ1n) is 9.23. The summed E-state index contributed by atoms with van der Waals surface area (Å²) >= 11 is 1.14. The van der Waals surface area contributed by atoms with E-state index >= 15 is 0 Å². The number of aromatic nitrogens is 1. The number of rotatable bonds is 6. The lowest BCUT2D eigenvalue weighted by Crippen LogP contribution is -2.47. The Morgan fingerprint density at radius 2 is 2.03 bits per heavy atom. The zero-order valence-electron chi connectivity index (χ0n) is 16.6. The average Bonchev–Trinajstić information content (AvgIpc) is 3.01. The van der Waals surface area contributed by atoms with E-state index in [9.17, 15) is 21.6 Å². The van der Waals surface area contributed by atoms with Gasteiger partial charge in [-0.25, -0.2) is 22.0 Å². The van der Waals surface area contributed by atoms with E-state index in [4.69, 9.17) is 9.88 Å². The fourth-order valence-electron chi connectivity index (χ4n) is 3.43. The number of sulfonamides is 2. The van der Waals surface area contributed by atoms with Crippen LogP contribution in [-0.2, 0) is 36.1 Å². The zero-order chi connectivity index (χ0) is 22.1. The first-order valence-corrected chi connectivity index (χ1v) is 13.4. The van der Waals surface area contributed by atoms with Gasteiger partial charge in [0, 0.05) is 20.2 Å². The van der Waals surface area contributed by atoms with Gasteiger partial charge in [-0.1, -0.05) is 17.8 Å². The standard InChI is InChI=1S/C17H24N4O6S3/c1-27-10-9-20-13-7-6-12(30(18,25)26)11-15(13)28-17(20)19-16(22)14-5-3-4-8-21(14)29(2,23)24/h6-7,11,14H,3-5,8-10H2,1-2H3,(H2,18,25,26). The SMILES string of the molecule is COCCn1c(=NC(=O)C2CCCCN2S(C)(=O)=O)sc2cc(S(N)(=O)=O)ccc21. The van der Waals surface area contributed by atoms with Gasteiger partial charge in [-0.2, -0.15) is 9.30 Å². The molecule has 1 aliphatic rings. The predicted molar refractivity (Wildman–Crippen MR) is 113 cm³/mol. The highest BCUT2D eigenvalue weighted by Crippen LogP contribution is 2.23. The summed E-state index contributed by atoms with van der Waals surface area (Å²) in [7, 11) is -5.87. The highest BCUT2D eigenvalue weighted by Gasteiger charge is 2.34. The molecule has 0 spiro atoms. The number of primary sulfonamides is 1. The van der Waals surface area contributed by atoms with Gasteiger partial charge in [0.2, 0.25) is 20.0 Å². The Morgan fingerprint density at radius 1 is 1.30 bits per heavy atom. The monoisotopic (exact) mass is 476 g/mol. The van der Waals surface area contributed by atoms with Crippen LogP contribution < -0.4 is 9.94 Å². The molecule has 30 heavy (non-hydrogen) atoms. The first-order chi connectivity index (χ1) is 14.0. The number of nitrogens with two attached hydrogens (primary N) is 1. The smallest absolute Gasteiger partial charge is 0.266 e. The van der Waals surface area contributed by atoms with Crippen LogP contribution in [0.1, 0.15) is 19.3 Å². The van der Waals surface area contributed by atoms with Crippen LogP contribution in [-0.4, -0.2) is 64.2 Å². The normalized spacial score (nSPS) is 19.4. The number of ether oxygens (including phenoxy) is 1. The molecule has 2 N–H and O–H groups in total. The van der Waals surface area contributed by atoms with E-state index in [-0.39, 0.29) is 4.90 Å². The summed E-state index contributed by atoms with van der Waals surface area (Å²) in [6.45, 7) is 1.03. The van der Waals surface area contributed by atoms with Crippen LogP contribution in [0.4, 0.5) is 0 Å². The van der Waals surface area contributed by atoms with Crippen molar-refractivity contribution in [2.75, 3.05) is 26.5 Å². The van der Waals surface area contributed by atoms with Gasteiger partial charge in [0.05, 0.1) is 28.0 Å². The van der Waals surface area contributed by atoms with E-state index in [0.29, 0.717) is 47.6 Å². The van der Waals surface area contributed by atoms with E-state index in [2.05, 4.69) is 4.99 Å². The predicted octanol–water partition coefficient (Wildman–Crippen LogP) is 0.238. The van der Waals surface area contributed by atoms with Crippen LogP contribution in [0.15, 0.2) is 28.1 Å². The second kappa shape index (κ2) is 8.85. The van der Waals surface area contributed by atoms with Crippen molar-refractivity contribution in [2.45, 2.75) is 36.7 Å². The number of benzene rings is 1. The summed E-state index contributed by atoms with van der Waals surface area (Å²) < 4.78 is 56.2. The minimum absolute atomic E-state index is 0.0384. The Bertz CT molecular complexity index is 1230. The third-order valence-corrected chi connectivity index (χ3v) is 8.11. The number of methoxy groups -OCH3 is 1. The largest absolute Gasteiger partial charge is 0.383 e. The molecule has 1 atom stereocenters.